The summed E-state index contributed by atoms with van der Waals surface area (Å²) in [6.07, 6.45) is 2.03. The first kappa shape index (κ1) is 19.6. The average molecular weight is 422 g/mol. The van der Waals surface area contributed by atoms with E-state index in [0.717, 1.165) is 16.7 Å². The highest BCUT2D eigenvalue weighted by Crippen LogP contribution is 2.43. The summed E-state index contributed by atoms with van der Waals surface area (Å²) < 4.78 is 0. The molecule has 0 fully saturated rings. The lowest BCUT2D eigenvalue weighted by molar-refractivity contribution is -0.130. The largest absolute Gasteiger partial charge is 0.503 e. The van der Waals surface area contributed by atoms with Crippen LogP contribution in [0.3, 0.4) is 0 Å². The molecule has 0 spiro atoms. The van der Waals surface area contributed by atoms with Crippen molar-refractivity contribution in [2.24, 2.45) is 0 Å². The van der Waals surface area contributed by atoms with E-state index in [1.807, 2.05) is 85.1 Å². The number of halogens is 1. The third-order valence-electron chi connectivity index (χ3n) is 5.09. The Balaban J connectivity index is 1.77. The predicted molar refractivity (Wildman–Crippen MR) is 119 cm³/mol. The second-order valence-electron chi connectivity index (χ2n) is 6.86. The number of amides is 1. The van der Waals surface area contributed by atoms with Crippen molar-refractivity contribution in [1.29, 1.82) is 0 Å². The van der Waals surface area contributed by atoms with Gasteiger partial charge in [-0.15, -0.1) is 11.8 Å². The number of hydrogen-bond donors (Lipinski definition) is 1. The van der Waals surface area contributed by atoms with Gasteiger partial charge in [0.1, 0.15) is 0 Å². The summed E-state index contributed by atoms with van der Waals surface area (Å²) in [7, 11) is 0. The fourth-order valence-electron chi connectivity index (χ4n) is 3.65. The van der Waals surface area contributed by atoms with Crippen LogP contribution in [0.25, 0.3) is 5.57 Å². The molecule has 0 saturated carbocycles. The van der Waals surface area contributed by atoms with Crippen LogP contribution in [-0.4, -0.2) is 22.2 Å². The van der Waals surface area contributed by atoms with Gasteiger partial charge >= 0.3 is 0 Å². The lowest BCUT2D eigenvalue weighted by atomic mass is 9.93. The maximum Gasteiger partial charge on any atom is 0.290 e. The highest BCUT2D eigenvalue weighted by molar-refractivity contribution is 7.98. The molecule has 0 aromatic heterocycles. The molecule has 0 saturated heterocycles. The van der Waals surface area contributed by atoms with Crippen LogP contribution in [-0.2, 0) is 11.3 Å². The highest BCUT2D eigenvalue weighted by atomic mass is 35.5. The quantitative estimate of drug-likeness (QED) is 0.505. The first-order valence-corrected chi connectivity index (χ1v) is 10.9. The monoisotopic (exact) mass is 421 g/mol. The van der Waals surface area contributed by atoms with Crippen LogP contribution < -0.4 is 0 Å². The first-order valence-electron chi connectivity index (χ1n) is 9.26. The van der Waals surface area contributed by atoms with Crippen LogP contribution in [0.4, 0.5) is 0 Å². The molecule has 1 aliphatic heterocycles. The van der Waals surface area contributed by atoms with Gasteiger partial charge in [-0.2, -0.15) is 0 Å². The van der Waals surface area contributed by atoms with Gasteiger partial charge in [0.15, 0.2) is 5.76 Å². The van der Waals surface area contributed by atoms with Crippen molar-refractivity contribution >= 4 is 34.8 Å². The van der Waals surface area contributed by atoms with Crippen LogP contribution in [0.15, 0.2) is 89.5 Å². The van der Waals surface area contributed by atoms with E-state index in [4.69, 9.17) is 11.6 Å². The highest BCUT2D eigenvalue weighted by Gasteiger charge is 2.40. The van der Waals surface area contributed by atoms with Crippen molar-refractivity contribution < 1.29 is 9.90 Å². The third kappa shape index (κ3) is 3.91. The molecule has 1 aliphatic rings. The van der Waals surface area contributed by atoms with Crippen LogP contribution in [0.1, 0.15) is 22.7 Å². The lowest BCUT2D eigenvalue weighted by Crippen LogP contribution is -2.29. The number of benzene rings is 3. The minimum Gasteiger partial charge on any atom is -0.503 e. The minimum atomic E-state index is -0.387. The number of aliphatic hydroxyl groups is 1. The van der Waals surface area contributed by atoms with Crippen LogP contribution in [0.5, 0.6) is 0 Å². The van der Waals surface area contributed by atoms with E-state index in [1.54, 1.807) is 16.7 Å². The molecule has 3 aromatic rings. The number of carbonyl (C=O) groups excluding carboxylic acids is 1. The first-order chi connectivity index (χ1) is 14.1. The molecule has 1 amide bonds. The Labute approximate surface area is 179 Å². The number of carbonyl (C=O) groups is 1. The molecule has 3 aromatic carbocycles. The van der Waals surface area contributed by atoms with Crippen molar-refractivity contribution in [1.82, 2.24) is 4.90 Å². The zero-order chi connectivity index (χ0) is 20.4. The topological polar surface area (TPSA) is 40.5 Å². The summed E-state index contributed by atoms with van der Waals surface area (Å²) in [5, 5.41) is 11.4. The van der Waals surface area contributed by atoms with Crippen LogP contribution >= 0.6 is 23.4 Å². The number of aliphatic hydroxyl groups excluding tert-OH is 1. The maximum atomic E-state index is 13.1. The predicted octanol–water partition coefficient (Wildman–Crippen LogP) is 6.11. The number of hydrogen-bond acceptors (Lipinski definition) is 3. The van der Waals surface area contributed by atoms with E-state index in [-0.39, 0.29) is 17.7 Å². The third-order valence-corrected chi connectivity index (χ3v) is 6.08. The molecular weight excluding hydrogens is 402 g/mol. The summed E-state index contributed by atoms with van der Waals surface area (Å²) in [4.78, 5) is 15.9. The van der Waals surface area contributed by atoms with Gasteiger partial charge < -0.3 is 10.0 Å². The average Bonchev–Trinajstić information content (AvgIpc) is 3.00. The molecule has 1 atom stereocenters. The zero-order valence-corrected chi connectivity index (χ0v) is 17.5. The summed E-state index contributed by atoms with van der Waals surface area (Å²) >= 11 is 7.76. The van der Waals surface area contributed by atoms with E-state index in [1.165, 1.54) is 4.90 Å². The van der Waals surface area contributed by atoms with Crippen molar-refractivity contribution in [3.8, 4) is 0 Å². The molecular formula is C24H20ClNO2S. The van der Waals surface area contributed by atoms with Crippen molar-refractivity contribution in [2.75, 3.05) is 6.26 Å². The van der Waals surface area contributed by atoms with Gasteiger partial charge in [-0.3, -0.25) is 4.79 Å². The van der Waals surface area contributed by atoms with E-state index in [9.17, 15) is 9.90 Å². The molecule has 5 heteroatoms. The molecule has 4 rings (SSSR count). The molecule has 29 heavy (non-hydrogen) atoms. The Morgan fingerprint density at radius 2 is 1.62 bits per heavy atom. The Kier molecular flexibility index (Phi) is 5.65. The summed E-state index contributed by atoms with van der Waals surface area (Å²) in [6, 6.07) is 24.7. The Morgan fingerprint density at radius 3 is 2.24 bits per heavy atom. The molecule has 146 valence electrons. The Morgan fingerprint density at radius 1 is 0.966 bits per heavy atom. The fourth-order valence-corrected chi connectivity index (χ4v) is 4.18. The van der Waals surface area contributed by atoms with Gasteiger partial charge in [0.05, 0.1) is 6.04 Å². The fraction of sp³-hybridized carbons (Fsp3) is 0.125. The molecule has 0 unspecified atom stereocenters. The van der Waals surface area contributed by atoms with Crippen molar-refractivity contribution in [2.45, 2.75) is 17.5 Å². The van der Waals surface area contributed by atoms with Crippen molar-refractivity contribution in [3.63, 3.8) is 0 Å². The summed E-state index contributed by atoms with van der Waals surface area (Å²) in [6.45, 7) is 0.404. The molecule has 0 aliphatic carbocycles. The number of thioether (sulfide) groups is 1. The number of nitrogens with zero attached hydrogens (tertiary/aromatic N) is 1. The van der Waals surface area contributed by atoms with E-state index < -0.39 is 0 Å². The van der Waals surface area contributed by atoms with Gasteiger partial charge in [0.25, 0.3) is 5.91 Å². The summed E-state index contributed by atoms with van der Waals surface area (Å²) in [5.74, 6) is -0.561. The van der Waals surface area contributed by atoms with Gasteiger partial charge in [-0.1, -0.05) is 66.2 Å². The Hall–Kier alpha value is -2.69. The van der Waals surface area contributed by atoms with Crippen LogP contribution in [0.2, 0.25) is 5.02 Å². The molecule has 1 heterocycles. The second-order valence-corrected chi connectivity index (χ2v) is 8.18. The minimum absolute atomic E-state index is 0.197. The zero-order valence-electron chi connectivity index (χ0n) is 15.9. The molecule has 1 N–H and O–H groups in total. The van der Waals surface area contributed by atoms with Crippen LogP contribution in [0, 0.1) is 0 Å². The smallest absolute Gasteiger partial charge is 0.290 e. The van der Waals surface area contributed by atoms with Gasteiger partial charge in [-0.25, -0.2) is 0 Å². The summed E-state index contributed by atoms with van der Waals surface area (Å²) in [5.41, 5.74) is 3.38. The van der Waals surface area contributed by atoms with Gasteiger partial charge in [0.2, 0.25) is 0 Å². The van der Waals surface area contributed by atoms with E-state index >= 15 is 0 Å². The standard InChI is InChI=1S/C24H20ClNO2S/c1-29-20-13-7-16(8-14-20)15-26-22(18-9-11-19(25)12-10-18)21(23(27)24(26)28)17-5-3-2-4-6-17/h2-14,22,27H,15H2,1H3/t22-/m1/s1. The molecule has 3 nitrogen and oxygen atoms in total. The lowest BCUT2D eigenvalue weighted by Gasteiger charge is -2.27. The maximum absolute atomic E-state index is 13.1. The van der Waals surface area contributed by atoms with E-state index in [0.29, 0.717) is 17.1 Å². The molecule has 0 bridgehead atoms. The SMILES string of the molecule is CSc1ccc(CN2C(=O)C(O)=C(c3ccccc3)[C@H]2c2ccc(Cl)cc2)cc1. The molecule has 0 radical (unpaired) electrons. The van der Waals surface area contributed by atoms with Crippen molar-refractivity contribution in [3.05, 3.63) is 106 Å². The Bertz CT molecular complexity index is 1050. The second kappa shape index (κ2) is 8.36. The van der Waals surface area contributed by atoms with Gasteiger partial charge in [0, 0.05) is 22.0 Å². The van der Waals surface area contributed by atoms with E-state index in [2.05, 4.69) is 0 Å². The van der Waals surface area contributed by atoms with Gasteiger partial charge in [-0.05, 0) is 47.2 Å². The normalized spacial score (nSPS) is 16.6. The number of rotatable bonds is 5.